The molecule has 0 aromatic carbocycles. The maximum Gasteiger partial charge on any atom is 0.410 e. The van der Waals surface area contributed by atoms with E-state index in [-0.39, 0.29) is 23.5 Å². The van der Waals surface area contributed by atoms with Crippen molar-refractivity contribution in [1.82, 2.24) is 10.2 Å². The summed E-state index contributed by atoms with van der Waals surface area (Å²) in [5.74, 6) is 0.122. The lowest BCUT2D eigenvalue weighted by Crippen LogP contribution is -2.62. The number of rotatable bonds is 2. The Morgan fingerprint density at radius 1 is 1.28 bits per heavy atom. The molecule has 5 nitrogen and oxygen atoms in total. The standard InChI is InChI=1S/C13H22N2O3/c1-12(2,3)18-11(17)15-7-9(8-15)14-10(16)13(4)5-6-13/h9H,5-8H2,1-4H3,(H,14,16). The first-order chi connectivity index (χ1) is 8.20. The van der Waals surface area contributed by atoms with E-state index >= 15 is 0 Å². The van der Waals surface area contributed by atoms with Crippen LogP contribution in [0.5, 0.6) is 0 Å². The molecule has 2 amide bonds. The van der Waals surface area contributed by atoms with Crippen LogP contribution in [0.15, 0.2) is 0 Å². The van der Waals surface area contributed by atoms with Crippen molar-refractivity contribution in [2.45, 2.75) is 52.2 Å². The lowest BCUT2D eigenvalue weighted by molar-refractivity contribution is -0.127. The molecule has 0 unspecified atom stereocenters. The van der Waals surface area contributed by atoms with Crippen molar-refractivity contribution in [2.24, 2.45) is 5.41 Å². The largest absolute Gasteiger partial charge is 0.444 e. The van der Waals surface area contributed by atoms with E-state index in [1.165, 1.54) is 0 Å². The van der Waals surface area contributed by atoms with Gasteiger partial charge in [0.05, 0.1) is 6.04 Å². The molecular weight excluding hydrogens is 232 g/mol. The maximum atomic E-state index is 11.8. The SMILES string of the molecule is CC(C)(C)OC(=O)N1CC(NC(=O)C2(C)CC2)C1. The second-order valence-corrected chi connectivity index (χ2v) is 6.62. The second kappa shape index (κ2) is 4.14. The van der Waals surface area contributed by atoms with Gasteiger partial charge in [0.15, 0.2) is 0 Å². The number of carbonyl (C=O) groups is 2. The topological polar surface area (TPSA) is 58.6 Å². The van der Waals surface area contributed by atoms with Gasteiger partial charge in [-0.2, -0.15) is 0 Å². The van der Waals surface area contributed by atoms with Crippen LogP contribution < -0.4 is 5.32 Å². The zero-order valence-electron chi connectivity index (χ0n) is 11.6. The van der Waals surface area contributed by atoms with E-state index in [0.717, 1.165) is 12.8 Å². The van der Waals surface area contributed by atoms with Gasteiger partial charge >= 0.3 is 6.09 Å². The molecule has 5 heteroatoms. The van der Waals surface area contributed by atoms with Gasteiger partial charge < -0.3 is 15.0 Å². The minimum Gasteiger partial charge on any atom is -0.444 e. The normalized spacial score (nSPS) is 22.1. The Morgan fingerprint density at radius 2 is 1.83 bits per heavy atom. The average molecular weight is 254 g/mol. The fraction of sp³-hybridized carbons (Fsp3) is 0.846. The van der Waals surface area contributed by atoms with Crippen LogP contribution in [0.3, 0.4) is 0 Å². The smallest absolute Gasteiger partial charge is 0.410 e. The van der Waals surface area contributed by atoms with E-state index in [2.05, 4.69) is 5.32 Å². The molecule has 1 aliphatic heterocycles. The first kappa shape index (κ1) is 13.2. The predicted octanol–water partition coefficient (Wildman–Crippen LogP) is 1.52. The number of nitrogens with one attached hydrogen (secondary N) is 1. The Labute approximate surface area is 108 Å². The van der Waals surface area contributed by atoms with Gasteiger partial charge in [-0.1, -0.05) is 6.92 Å². The highest BCUT2D eigenvalue weighted by molar-refractivity contribution is 5.85. The van der Waals surface area contributed by atoms with Crippen molar-refractivity contribution >= 4 is 12.0 Å². The van der Waals surface area contributed by atoms with Crippen LogP contribution in [0.4, 0.5) is 4.79 Å². The predicted molar refractivity (Wildman–Crippen MR) is 67.1 cm³/mol. The fourth-order valence-electron chi connectivity index (χ4n) is 1.82. The van der Waals surface area contributed by atoms with Gasteiger partial charge in [0.1, 0.15) is 5.60 Å². The second-order valence-electron chi connectivity index (χ2n) is 6.62. The quantitative estimate of drug-likeness (QED) is 0.813. The van der Waals surface area contributed by atoms with Crippen LogP contribution in [0, 0.1) is 5.41 Å². The minimum atomic E-state index is -0.465. The summed E-state index contributed by atoms with van der Waals surface area (Å²) in [4.78, 5) is 25.1. The highest BCUT2D eigenvalue weighted by Crippen LogP contribution is 2.45. The molecule has 1 aliphatic carbocycles. The summed E-state index contributed by atoms with van der Waals surface area (Å²) >= 11 is 0. The Morgan fingerprint density at radius 3 is 2.28 bits per heavy atom. The first-order valence-electron chi connectivity index (χ1n) is 6.48. The van der Waals surface area contributed by atoms with Crippen molar-refractivity contribution in [2.75, 3.05) is 13.1 Å². The van der Waals surface area contributed by atoms with E-state index in [4.69, 9.17) is 4.74 Å². The third kappa shape index (κ3) is 2.94. The third-order valence-electron chi connectivity index (χ3n) is 3.42. The molecule has 0 spiro atoms. The highest BCUT2D eigenvalue weighted by atomic mass is 16.6. The van der Waals surface area contributed by atoms with Gasteiger partial charge in [-0.15, -0.1) is 0 Å². The lowest BCUT2D eigenvalue weighted by Gasteiger charge is -2.40. The third-order valence-corrected chi connectivity index (χ3v) is 3.42. The van der Waals surface area contributed by atoms with Crippen LogP contribution in [0.2, 0.25) is 0 Å². The molecule has 18 heavy (non-hydrogen) atoms. The van der Waals surface area contributed by atoms with E-state index in [0.29, 0.717) is 13.1 Å². The fourth-order valence-corrected chi connectivity index (χ4v) is 1.82. The Hall–Kier alpha value is -1.26. The van der Waals surface area contributed by atoms with Crippen LogP contribution in [-0.2, 0) is 9.53 Å². The molecule has 2 fully saturated rings. The van der Waals surface area contributed by atoms with Gasteiger partial charge in [0, 0.05) is 18.5 Å². The van der Waals surface area contributed by atoms with Crippen LogP contribution in [0.25, 0.3) is 0 Å². The minimum absolute atomic E-state index is 0.0856. The van der Waals surface area contributed by atoms with Crippen LogP contribution in [-0.4, -0.2) is 41.6 Å². The summed E-state index contributed by atoms with van der Waals surface area (Å²) in [7, 11) is 0. The van der Waals surface area contributed by atoms with Gasteiger partial charge in [-0.05, 0) is 33.6 Å². The molecule has 102 valence electrons. The highest BCUT2D eigenvalue weighted by Gasteiger charge is 2.46. The summed E-state index contributed by atoms with van der Waals surface area (Å²) in [5, 5.41) is 2.98. The van der Waals surface area contributed by atoms with Gasteiger partial charge in [-0.3, -0.25) is 4.79 Å². The number of amides is 2. The molecule has 2 aliphatic rings. The Balaban J connectivity index is 1.71. The van der Waals surface area contributed by atoms with Crippen molar-refractivity contribution < 1.29 is 14.3 Å². The maximum absolute atomic E-state index is 11.8. The monoisotopic (exact) mass is 254 g/mol. The molecule has 0 radical (unpaired) electrons. The number of carbonyl (C=O) groups excluding carboxylic acids is 2. The summed E-state index contributed by atoms with van der Waals surface area (Å²) in [5.41, 5.74) is -0.612. The molecule has 2 rings (SSSR count). The molecule has 1 heterocycles. The Kier molecular flexibility index (Phi) is 3.03. The Bertz CT molecular complexity index is 363. The molecule has 1 saturated carbocycles. The van der Waals surface area contributed by atoms with E-state index < -0.39 is 5.60 Å². The molecule has 1 N–H and O–H groups in total. The number of hydrogen-bond donors (Lipinski definition) is 1. The van der Waals surface area contributed by atoms with Crippen molar-refractivity contribution in [3.63, 3.8) is 0 Å². The zero-order valence-corrected chi connectivity index (χ0v) is 11.6. The van der Waals surface area contributed by atoms with Gasteiger partial charge in [-0.25, -0.2) is 4.79 Å². The first-order valence-corrected chi connectivity index (χ1v) is 6.48. The lowest BCUT2D eigenvalue weighted by atomic mass is 10.1. The number of nitrogens with zero attached hydrogens (tertiary/aromatic N) is 1. The van der Waals surface area contributed by atoms with E-state index in [1.54, 1.807) is 4.90 Å². The number of hydrogen-bond acceptors (Lipinski definition) is 3. The zero-order chi connectivity index (χ0) is 13.6. The molecule has 0 aromatic rings. The van der Waals surface area contributed by atoms with Gasteiger partial charge in [0.2, 0.25) is 5.91 Å². The molecule has 0 aromatic heterocycles. The van der Waals surface area contributed by atoms with Crippen LogP contribution >= 0.6 is 0 Å². The molecule has 0 atom stereocenters. The van der Waals surface area contributed by atoms with E-state index in [9.17, 15) is 9.59 Å². The van der Waals surface area contributed by atoms with Crippen molar-refractivity contribution in [1.29, 1.82) is 0 Å². The summed E-state index contributed by atoms with van der Waals surface area (Å²) in [6.07, 6.45) is 1.65. The van der Waals surface area contributed by atoms with Gasteiger partial charge in [0.25, 0.3) is 0 Å². The average Bonchev–Trinajstić information content (AvgIpc) is 2.87. The summed E-state index contributed by atoms with van der Waals surface area (Å²) in [6, 6.07) is 0.0856. The molecule has 1 saturated heterocycles. The summed E-state index contributed by atoms with van der Waals surface area (Å²) in [6.45, 7) is 8.62. The number of likely N-dealkylation sites (tertiary alicyclic amines) is 1. The molecule has 0 bridgehead atoms. The van der Waals surface area contributed by atoms with Crippen LogP contribution in [0.1, 0.15) is 40.5 Å². The summed E-state index contributed by atoms with van der Waals surface area (Å²) < 4.78 is 5.25. The van der Waals surface area contributed by atoms with E-state index in [1.807, 2.05) is 27.7 Å². The molecular formula is C13H22N2O3. The number of ether oxygens (including phenoxy) is 1. The van der Waals surface area contributed by atoms with Crippen molar-refractivity contribution in [3.05, 3.63) is 0 Å². The van der Waals surface area contributed by atoms with Crippen molar-refractivity contribution in [3.8, 4) is 0 Å².